The number of rotatable bonds is 7. The van der Waals surface area contributed by atoms with Crippen LogP contribution in [-0.4, -0.2) is 41.8 Å². The monoisotopic (exact) mass is 344 g/mol. The molecule has 1 unspecified atom stereocenters. The molecule has 0 aliphatic carbocycles. The number of hydrogen-bond acceptors (Lipinski definition) is 7. The molecule has 1 aromatic heterocycles. The van der Waals surface area contributed by atoms with Gasteiger partial charge in [0, 0.05) is 29.7 Å². The van der Waals surface area contributed by atoms with E-state index in [1.54, 1.807) is 20.2 Å². The Morgan fingerprint density at radius 3 is 2.48 bits per heavy atom. The molecule has 134 valence electrons. The van der Waals surface area contributed by atoms with Crippen molar-refractivity contribution in [3.8, 4) is 5.88 Å². The number of benzene rings is 1. The minimum atomic E-state index is -0.463. The van der Waals surface area contributed by atoms with Gasteiger partial charge in [0.05, 0.1) is 13.2 Å². The standard InChI is InChI=1S/C15H15N3O.C3H9NO2/c1-11(18-12-7-5-4-6-8-12)13-9-10-17-15(19-3)14(13)16-2;1-3(5)2-4-6/h4-10,18H,1-2H2,3H3;3-6H,2H2,1H3. The third kappa shape index (κ3) is 6.72. The summed E-state index contributed by atoms with van der Waals surface area (Å²) in [5.41, 5.74) is 4.88. The average Bonchev–Trinajstić information content (AvgIpc) is 2.62. The Bertz CT molecular complexity index is 675. The van der Waals surface area contributed by atoms with E-state index in [9.17, 15) is 0 Å². The van der Waals surface area contributed by atoms with E-state index in [2.05, 4.69) is 28.6 Å². The van der Waals surface area contributed by atoms with Crippen molar-refractivity contribution in [2.75, 3.05) is 19.0 Å². The van der Waals surface area contributed by atoms with E-state index in [0.29, 0.717) is 17.3 Å². The first-order chi connectivity index (χ1) is 12.0. The number of aromatic nitrogens is 1. The van der Waals surface area contributed by atoms with Crippen LogP contribution in [0.3, 0.4) is 0 Å². The maximum absolute atomic E-state index is 8.33. The van der Waals surface area contributed by atoms with Crippen molar-refractivity contribution < 1.29 is 15.1 Å². The van der Waals surface area contributed by atoms with Crippen molar-refractivity contribution in [3.63, 3.8) is 0 Å². The molecule has 0 bridgehead atoms. The van der Waals surface area contributed by atoms with Crippen LogP contribution in [0.25, 0.3) is 5.70 Å². The maximum atomic E-state index is 8.33. The van der Waals surface area contributed by atoms with E-state index >= 15 is 0 Å². The van der Waals surface area contributed by atoms with Crippen LogP contribution in [0.4, 0.5) is 11.4 Å². The zero-order valence-electron chi connectivity index (χ0n) is 14.4. The van der Waals surface area contributed by atoms with Crippen molar-refractivity contribution in [1.29, 1.82) is 0 Å². The number of ether oxygens (including phenoxy) is 1. The van der Waals surface area contributed by atoms with Crippen molar-refractivity contribution in [2.45, 2.75) is 13.0 Å². The maximum Gasteiger partial charge on any atom is 0.240 e. The quantitative estimate of drug-likeness (QED) is 0.455. The number of nitrogens with one attached hydrogen (secondary N) is 2. The van der Waals surface area contributed by atoms with Gasteiger partial charge in [0.1, 0.15) is 5.69 Å². The number of hydroxylamine groups is 1. The van der Waals surface area contributed by atoms with Crippen molar-refractivity contribution >= 4 is 23.8 Å². The molecule has 0 saturated heterocycles. The minimum absolute atomic E-state index is 0.236. The molecule has 7 nitrogen and oxygen atoms in total. The van der Waals surface area contributed by atoms with E-state index < -0.39 is 6.10 Å². The second-order valence-electron chi connectivity index (χ2n) is 5.06. The third-order valence-corrected chi connectivity index (χ3v) is 3.02. The number of para-hydroxylation sites is 1. The molecular formula is C18H24N4O3. The summed E-state index contributed by atoms with van der Waals surface area (Å²) < 4.78 is 5.16. The van der Waals surface area contributed by atoms with Gasteiger partial charge in [-0.3, -0.25) is 4.99 Å². The number of nitrogens with zero attached hydrogens (tertiary/aromatic N) is 2. The van der Waals surface area contributed by atoms with Crippen LogP contribution in [0.15, 0.2) is 54.2 Å². The number of aliphatic hydroxyl groups is 1. The predicted molar refractivity (Wildman–Crippen MR) is 101 cm³/mol. The number of pyridine rings is 1. The zero-order valence-corrected chi connectivity index (χ0v) is 14.4. The molecule has 4 N–H and O–H groups in total. The molecule has 1 atom stereocenters. The van der Waals surface area contributed by atoms with Crippen LogP contribution in [-0.2, 0) is 0 Å². The number of methoxy groups -OCH3 is 1. The lowest BCUT2D eigenvalue weighted by Gasteiger charge is -2.13. The third-order valence-electron chi connectivity index (χ3n) is 3.02. The van der Waals surface area contributed by atoms with Crippen LogP contribution in [0.5, 0.6) is 5.88 Å². The molecule has 1 aromatic carbocycles. The van der Waals surface area contributed by atoms with Crippen LogP contribution in [0.1, 0.15) is 12.5 Å². The van der Waals surface area contributed by atoms with Gasteiger partial charge in [0.15, 0.2) is 0 Å². The summed E-state index contributed by atoms with van der Waals surface area (Å²) in [6.45, 7) is 9.40. The molecule has 0 fully saturated rings. The first kappa shape index (κ1) is 20.3. The highest BCUT2D eigenvalue weighted by Crippen LogP contribution is 2.32. The van der Waals surface area contributed by atoms with Gasteiger partial charge < -0.3 is 20.4 Å². The molecule has 2 aromatic rings. The molecule has 0 saturated carbocycles. The Labute approximate surface area is 147 Å². The van der Waals surface area contributed by atoms with Gasteiger partial charge in [-0.2, -0.15) is 0 Å². The Kier molecular flexibility index (Phi) is 8.87. The van der Waals surface area contributed by atoms with Gasteiger partial charge >= 0.3 is 0 Å². The fourth-order valence-electron chi connectivity index (χ4n) is 1.88. The fourth-order valence-corrected chi connectivity index (χ4v) is 1.88. The summed E-state index contributed by atoms with van der Waals surface area (Å²) in [6.07, 6.45) is 1.19. The SMILES string of the molecule is C=Nc1c(C(=C)Nc2ccccc2)ccnc1OC.CC(O)CNO. The van der Waals surface area contributed by atoms with Gasteiger partial charge in [0.25, 0.3) is 0 Å². The molecule has 0 amide bonds. The van der Waals surface area contributed by atoms with E-state index in [0.717, 1.165) is 11.3 Å². The first-order valence-corrected chi connectivity index (χ1v) is 7.59. The molecule has 25 heavy (non-hydrogen) atoms. The summed E-state index contributed by atoms with van der Waals surface area (Å²) in [5, 5.41) is 19.4. The van der Waals surface area contributed by atoms with Crippen molar-refractivity contribution in [3.05, 3.63) is 54.7 Å². The normalized spacial score (nSPS) is 10.9. The van der Waals surface area contributed by atoms with E-state index in [1.165, 1.54) is 0 Å². The molecule has 7 heteroatoms. The fraction of sp³-hybridized carbons (Fsp3) is 0.222. The average molecular weight is 344 g/mol. The molecule has 1 heterocycles. The van der Waals surface area contributed by atoms with Gasteiger partial charge in [-0.25, -0.2) is 10.5 Å². The summed E-state index contributed by atoms with van der Waals surface area (Å²) in [4.78, 5) is 8.06. The smallest absolute Gasteiger partial charge is 0.240 e. The van der Waals surface area contributed by atoms with Crippen LogP contribution < -0.4 is 15.5 Å². The second-order valence-corrected chi connectivity index (χ2v) is 5.06. The lowest BCUT2D eigenvalue weighted by Crippen LogP contribution is -2.20. The Morgan fingerprint density at radius 2 is 2.00 bits per heavy atom. The van der Waals surface area contributed by atoms with Gasteiger partial charge in [0.2, 0.25) is 5.88 Å². The molecule has 2 rings (SSSR count). The van der Waals surface area contributed by atoms with Crippen molar-refractivity contribution in [1.82, 2.24) is 10.5 Å². The van der Waals surface area contributed by atoms with Crippen LogP contribution in [0.2, 0.25) is 0 Å². The molecule has 0 spiro atoms. The molecular weight excluding hydrogens is 320 g/mol. The molecule has 0 radical (unpaired) electrons. The van der Waals surface area contributed by atoms with Crippen LogP contribution in [0, 0.1) is 0 Å². The van der Waals surface area contributed by atoms with E-state index in [4.69, 9.17) is 15.1 Å². The van der Waals surface area contributed by atoms with Crippen LogP contribution >= 0.6 is 0 Å². The number of hydrogen-bond donors (Lipinski definition) is 4. The zero-order chi connectivity index (χ0) is 18.7. The highest BCUT2D eigenvalue weighted by Gasteiger charge is 2.11. The van der Waals surface area contributed by atoms with Gasteiger partial charge in [-0.15, -0.1) is 0 Å². The highest BCUT2D eigenvalue weighted by atomic mass is 16.5. The Morgan fingerprint density at radius 1 is 1.32 bits per heavy atom. The topological polar surface area (TPSA) is 99.0 Å². The van der Waals surface area contributed by atoms with E-state index in [-0.39, 0.29) is 6.54 Å². The number of anilines is 1. The summed E-state index contributed by atoms with van der Waals surface area (Å²) in [7, 11) is 1.55. The highest BCUT2D eigenvalue weighted by molar-refractivity contribution is 5.83. The van der Waals surface area contributed by atoms with Gasteiger partial charge in [-0.1, -0.05) is 24.8 Å². The van der Waals surface area contributed by atoms with Gasteiger partial charge in [-0.05, 0) is 31.8 Å². The lowest BCUT2D eigenvalue weighted by molar-refractivity contribution is 0.102. The summed E-state index contributed by atoms with van der Waals surface area (Å²) in [5.74, 6) is 0.434. The minimum Gasteiger partial charge on any atom is -0.479 e. The first-order valence-electron chi connectivity index (χ1n) is 7.59. The lowest BCUT2D eigenvalue weighted by atomic mass is 10.1. The Hall–Kier alpha value is -2.74. The predicted octanol–water partition coefficient (Wildman–Crippen LogP) is 2.85. The largest absolute Gasteiger partial charge is 0.479 e. The summed E-state index contributed by atoms with van der Waals surface area (Å²) >= 11 is 0. The van der Waals surface area contributed by atoms with E-state index in [1.807, 2.05) is 41.9 Å². The summed E-state index contributed by atoms with van der Waals surface area (Å²) in [6, 6.07) is 11.6. The number of aliphatic hydroxyl groups excluding tert-OH is 1. The molecule has 0 aliphatic rings. The second kappa shape index (κ2) is 10.9. The Balaban J connectivity index is 0.000000450. The number of aliphatic imine (C=N–C) groups is 1. The molecule has 0 aliphatic heterocycles. The van der Waals surface area contributed by atoms with Crippen molar-refractivity contribution in [2.24, 2.45) is 4.99 Å².